The van der Waals surface area contributed by atoms with Crippen molar-refractivity contribution >= 4 is 70.1 Å². The summed E-state index contributed by atoms with van der Waals surface area (Å²) in [6.07, 6.45) is 0. The summed E-state index contributed by atoms with van der Waals surface area (Å²) in [6, 6.07) is 63.9. The highest BCUT2D eigenvalue weighted by Crippen LogP contribution is 2.45. The van der Waals surface area contributed by atoms with E-state index in [0.717, 1.165) is 17.1 Å². The summed E-state index contributed by atoms with van der Waals surface area (Å²) >= 11 is 1.89. The van der Waals surface area contributed by atoms with Gasteiger partial charge in [0, 0.05) is 37.1 Å². The summed E-state index contributed by atoms with van der Waals surface area (Å²) in [4.78, 5) is 2.41. The Bertz CT molecular complexity index is 2530. The SMILES string of the molecule is c1ccc(-c2ccccc2N(c2ccc(-c3ccc4ccccc4c3)cc2)c2ccc3c(c2)sc2c4ccccc4ccc32)cc1. The Labute approximate surface area is 272 Å². The molecule has 0 amide bonds. The Morgan fingerprint density at radius 1 is 0.370 bits per heavy atom. The molecule has 0 radical (unpaired) electrons. The number of nitrogens with zero attached hydrogens (tertiary/aromatic N) is 1. The van der Waals surface area contributed by atoms with E-state index in [9.17, 15) is 0 Å². The molecule has 9 rings (SSSR count). The van der Waals surface area contributed by atoms with Gasteiger partial charge in [0.2, 0.25) is 0 Å². The number of para-hydroxylation sites is 1. The fourth-order valence-electron chi connectivity index (χ4n) is 6.76. The summed E-state index contributed by atoms with van der Waals surface area (Å²) in [6.45, 7) is 0. The van der Waals surface area contributed by atoms with Crippen molar-refractivity contribution in [2.45, 2.75) is 0 Å². The largest absolute Gasteiger partial charge is 0.310 e. The van der Waals surface area contributed by atoms with E-state index in [0.29, 0.717) is 0 Å². The zero-order valence-electron chi connectivity index (χ0n) is 25.1. The minimum absolute atomic E-state index is 1.12. The van der Waals surface area contributed by atoms with Gasteiger partial charge in [0.1, 0.15) is 0 Å². The van der Waals surface area contributed by atoms with Crippen LogP contribution < -0.4 is 4.90 Å². The molecule has 1 aromatic heterocycles. The van der Waals surface area contributed by atoms with Crippen molar-refractivity contribution in [3.63, 3.8) is 0 Å². The van der Waals surface area contributed by atoms with Crippen LogP contribution in [0.5, 0.6) is 0 Å². The summed E-state index contributed by atoms with van der Waals surface area (Å²) in [5.41, 5.74) is 8.24. The first kappa shape index (κ1) is 26.7. The lowest BCUT2D eigenvalue weighted by Gasteiger charge is -2.28. The van der Waals surface area contributed by atoms with Crippen molar-refractivity contribution in [2.75, 3.05) is 4.90 Å². The lowest BCUT2D eigenvalue weighted by atomic mass is 9.99. The smallest absolute Gasteiger partial charge is 0.0540 e. The van der Waals surface area contributed by atoms with E-state index in [1.807, 2.05) is 11.3 Å². The summed E-state index contributed by atoms with van der Waals surface area (Å²) in [7, 11) is 0. The first-order valence-electron chi connectivity index (χ1n) is 15.7. The maximum Gasteiger partial charge on any atom is 0.0540 e. The molecule has 0 bridgehead atoms. The van der Waals surface area contributed by atoms with Gasteiger partial charge in [-0.1, -0.05) is 140 Å². The maximum atomic E-state index is 2.41. The minimum Gasteiger partial charge on any atom is -0.310 e. The van der Waals surface area contributed by atoms with Gasteiger partial charge in [-0.25, -0.2) is 0 Å². The van der Waals surface area contributed by atoms with Crippen molar-refractivity contribution in [3.8, 4) is 22.3 Å². The standard InChI is InChI=1S/C44H29NS/c1-2-11-32(12-3-1)38-15-8-9-17-42(38)45(36-23-20-31(21-24-36)35-19-18-30-10-4-5-14-34(30)28-35)37-25-27-40-41-26-22-33-13-6-7-16-39(33)44(41)46-43(40)29-37/h1-29H. The molecule has 0 saturated heterocycles. The number of fused-ring (bicyclic) bond motifs is 6. The normalized spacial score (nSPS) is 11.5. The second-order valence-electron chi connectivity index (χ2n) is 11.8. The number of rotatable bonds is 5. The highest BCUT2D eigenvalue weighted by molar-refractivity contribution is 7.26. The van der Waals surface area contributed by atoms with Crippen molar-refractivity contribution in [3.05, 3.63) is 176 Å². The molecule has 46 heavy (non-hydrogen) atoms. The van der Waals surface area contributed by atoms with Crippen molar-refractivity contribution < 1.29 is 0 Å². The molecule has 2 heteroatoms. The molecule has 8 aromatic carbocycles. The Kier molecular flexibility index (Phi) is 6.40. The molecule has 0 aliphatic rings. The summed E-state index contributed by atoms with van der Waals surface area (Å²) in [5.74, 6) is 0. The monoisotopic (exact) mass is 603 g/mol. The van der Waals surface area contributed by atoms with E-state index >= 15 is 0 Å². The Hall–Kier alpha value is -5.70. The summed E-state index contributed by atoms with van der Waals surface area (Å²) < 4.78 is 2.64. The van der Waals surface area contributed by atoms with Crippen LogP contribution in [-0.2, 0) is 0 Å². The molecule has 0 atom stereocenters. The number of hydrogen-bond acceptors (Lipinski definition) is 2. The molecule has 1 heterocycles. The van der Waals surface area contributed by atoms with E-state index < -0.39 is 0 Å². The van der Waals surface area contributed by atoms with Crippen LogP contribution in [0.3, 0.4) is 0 Å². The molecule has 0 spiro atoms. The van der Waals surface area contributed by atoms with Crippen LogP contribution in [0.4, 0.5) is 17.1 Å². The minimum atomic E-state index is 1.12. The molecule has 0 unspecified atom stereocenters. The third kappa shape index (κ3) is 4.54. The Balaban J connectivity index is 1.21. The van der Waals surface area contributed by atoms with Crippen LogP contribution in [0.25, 0.3) is 64.0 Å². The first-order chi connectivity index (χ1) is 22.8. The van der Waals surface area contributed by atoms with Crippen LogP contribution in [-0.4, -0.2) is 0 Å². The zero-order chi connectivity index (χ0) is 30.5. The summed E-state index contributed by atoms with van der Waals surface area (Å²) in [5, 5.41) is 7.74. The predicted octanol–water partition coefficient (Wildman–Crippen LogP) is 13.2. The molecular weight excluding hydrogens is 575 g/mol. The van der Waals surface area contributed by atoms with Gasteiger partial charge in [0.15, 0.2) is 0 Å². The van der Waals surface area contributed by atoms with Gasteiger partial charge >= 0.3 is 0 Å². The molecule has 1 nitrogen and oxygen atoms in total. The van der Waals surface area contributed by atoms with E-state index in [-0.39, 0.29) is 0 Å². The molecule has 9 aromatic rings. The number of anilines is 3. The molecule has 0 aliphatic heterocycles. The van der Waals surface area contributed by atoms with Gasteiger partial charge in [-0.05, 0) is 74.6 Å². The van der Waals surface area contributed by atoms with Crippen molar-refractivity contribution in [1.82, 2.24) is 0 Å². The van der Waals surface area contributed by atoms with Gasteiger partial charge in [-0.3, -0.25) is 0 Å². The van der Waals surface area contributed by atoms with Crippen molar-refractivity contribution in [2.24, 2.45) is 0 Å². The predicted molar refractivity (Wildman–Crippen MR) is 200 cm³/mol. The van der Waals surface area contributed by atoms with Crippen LogP contribution in [0, 0.1) is 0 Å². The molecular formula is C44H29NS. The van der Waals surface area contributed by atoms with E-state index in [1.54, 1.807) is 0 Å². The van der Waals surface area contributed by atoms with Crippen LogP contribution in [0.15, 0.2) is 176 Å². The average Bonchev–Trinajstić information content (AvgIpc) is 3.51. The zero-order valence-corrected chi connectivity index (χ0v) is 25.9. The van der Waals surface area contributed by atoms with Crippen LogP contribution in [0.2, 0.25) is 0 Å². The van der Waals surface area contributed by atoms with Gasteiger partial charge < -0.3 is 4.90 Å². The quantitative estimate of drug-likeness (QED) is 0.189. The molecule has 0 fully saturated rings. The number of benzene rings is 8. The fraction of sp³-hybridized carbons (Fsp3) is 0. The maximum absolute atomic E-state index is 2.41. The van der Waals surface area contributed by atoms with Crippen molar-refractivity contribution in [1.29, 1.82) is 0 Å². The lowest BCUT2D eigenvalue weighted by molar-refractivity contribution is 1.29. The molecule has 0 saturated carbocycles. The van der Waals surface area contributed by atoms with Gasteiger partial charge in [-0.2, -0.15) is 0 Å². The average molecular weight is 604 g/mol. The molecule has 0 aliphatic carbocycles. The van der Waals surface area contributed by atoms with Crippen LogP contribution in [0.1, 0.15) is 0 Å². The highest BCUT2D eigenvalue weighted by Gasteiger charge is 2.19. The molecule has 0 N–H and O–H groups in total. The number of hydrogen-bond donors (Lipinski definition) is 0. The Morgan fingerprint density at radius 3 is 1.89 bits per heavy atom. The fourth-order valence-corrected chi connectivity index (χ4v) is 8.03. The van der Waals surface area contributed by atoms with E-state index in [1.165, 1.54) is 64.0 Å². The van der Waals surface area contributed by atoms with Gasteiger partial charge in [0.05, 0.1) is 5.69 Å². The van der Waals surface area contributed by atoms with Gasteiger partial charge in [-0.15, -0.1) is 11.3 Å². The first-order valence-corrected chi connectivity index (χ1v) is 16.5. The number of thiophene rings is 1. The second-order valence-corrected chi connectivity index (χ2v) is 12.8. The second kappa shape index (κ2) is 11.0. The van der Waals surface area contributed by atoms with Crippen LogP contribution >= 0.6 is 11.3 Å². The lowest BCUT2D eigenvalue weighted by Crippen LogP contribution is -2.11. The molecule has 216 valence electrons. The van der Waals surface area contributed by atoms with E-state index in [2.05, 4.69) is 181 Å². The topological polar surface area (TPSA) is 3.24 Å². The van der Waals surface area contributed by atoms with E-state index in [4.69, 9.17) is 0 Å². The third-order valence-electron chi connectivity index (χ3n) is 9.04. The third-order valence-corrected chi connectivity index (χ3v) is 10.2. The van der Waals surface area contributed by atoms with Gasteiger partial charge in [0.25, 0.3) is 0 Å². The Morgan fingerprint density at radius 2 is 1.02 bits per heavy atom. The highest BCUT2D eigenvalue weighted by atomic mass is 32.1.